The van der Waals surface area contributed by atoms with Gasteiger partial charge in [-0.3, -0.25) is 14.5 Å². The Morgan fingerprint density at radius 3 is 2.46 bits per heavy atom. The third-order valence-corrected chi connectivity index (χ3v) is 7.13. The number of ether oxygens (including phenoxy) is 3. The van der Waals surface area contributed by atoms with Crippen molar-refractivity contribution in [2.24, 2.45) is 0 Å². The van der Waals surface area contributed by atoms with Gasteiger partial charge in [0.2, 0.25) is 0 Å². The third kappa shape index (κ3) is 6.12. The number of aryl methyl sites for hydroxylation is 1. The van der Waals surface area contributed by atoms with E-state index in [1.807, 2.05) is 31.2 Å². The van der Waals surface area contributed by atoms with Crippen molar-refractivity contribution in [3.63, 3.8) is 0 Å². The van der Waals surface area contributed by atoms with Gasteiger partial charge in [0.1, 0.15) is 24.7 Å². The Balaban J connectivity index is 1.69. The predicted octanol–water partition coefficient (Wildman–Crippen LogP) is 5.89. The molecular formula is C29H26BrFN2O5S. The first-order valence-corrected chi connectivity index (χ1v) is 13.2. The number of hydrogen-bond donors (Lipinski definition) is 0. The lowest BCUT2D eigenvalue weighted by atomic mass is 10.1. The van der Waals surface area contributed by atoms with E-state index in [1.54, 1.807) is 36.4 Å². The summed E-state index contributed by atoms with van der Waals surface area (Å²) in [5, 5.41) is 0.164. The normalized spacial score (nSPS) is 14.2. The average Bonchev–Trinajstić information content (AvgIpc) is 3.16. The lowest BCUT2D eigenvalue weighted by Crippen LogP contribution is -2.35. The van der Waals surface area contributed by atoms with Crippen molar-refractivity contribution in [1.82, 2.24) is 4.90 Å². The number of amides is 1. The fraction of sp³-hybridized carbons (Fsp3) is 0.207. The Morgan fingerprint density at radius 1 is 1.10 bits per heavy atom. The highest BCUT2D eigenvalue weighted by Gasteiger charge is 2.40. The zero-order valence-corrected chi connectivity index (χ0v) is 24.0. The highest BCUT2D eigenvalue weighted by Crippen LogP contribution is 2.39. The van der Waals surface area contributed by atoms with Crippen LogP contribution in [0.2, 0.25) is 0 Å². The Bertz CT molecular complexity index is 1440. The molecule has 1 amide bonds. The summed E-state index contributed by atoms with van der Waals surface area (Å²) < 4.78 is 30.8. The zero-order chi connectivity index (χ0) is 28.1. The van der Waals surface area contributed by atoms with Crippen molar-refractivity contribution in [2.75, 3.05) is 25.7 Å². The van der Waals surface area contributed by atoms with Crippen LogP contribution in [0.3, 0.4) is 0 Å². The Kier molecular flexibility index (Phi) is 8.98. The van der Waals surface area contributed by atoms with Crippen LogP contribution in [0.1, 0.15) is 23.6 Å². The van der Waals surface area contributed by atoms with Gasteiger partial charge < -0.3 is 19.1 Å². The van der Waals surface area contributed by atoms with E-state index >= 15 is 0 Å². The minimum Gasteiger partial charge on any atom is -0.493 e. The first-order valence-electron chi connectivity index (χ1n) is 12.0. The monoisotopic (exact) mass is 612 g/mol. The third-order valence-electron chi connectivity index (χ3n) is 6.14. The van der Waals surface area contributed by atoms with Gasteiger partial charge in [-0.15, -0.1) is 0 Å². The number of thiocarbonyl (C=S) groups is 1. The topological polar surface area (TPSA) is 68.3 Å². The Labute approximate surface area is 239 Å². The Hall–Kier alpha value is -3.76. The van der Waals surface area contributed by atoms with Crippen LogP contribution in [0.4, 0.5) is 10.1 Å². The van der Waals surface area contributed by atoms with Crippen molar-refractivity contribution in [1.29, 1.82) is 0 Å². The number of hydrogen-bond acceptors (Lipinski definition) is 6. The van der Waals surface area contributed by atoms with Gasteiger partial charge in [-0.05, 0) is 82.1 Å². The van der Waals surface area contributed by atoms with E-state index in [9.17, 15) is 14.0 Å². The molecule has 4 rings (SSSR count). The molecule has 0 unspecified atom stereocenters. The molecule has 1 fully saturated rings. The molecule has 1 aliphatic rings. The molecule has 0 aliphatic carbocycles. The summed E-state index contributed by atoms with van der Waals surface area (Å²) in [6.07, 6.45) is 2.47. The number of anilines is 1. The van der Waals surface area contributed by atoms with E-state index in [0.29, 0.717) is 32.8 Å². The maximum atomic E-state index is 14.1. The molecule has 7 nitrogen and oxygen atoms in total. The summed E-state index contributed by atoms with van der Waals surface area (Å²) in [4.78, 5) is 28.7. The summed E-state index contributed by atoms with van der Waals surface area (Å²) in [6, 6.07) is 17.3. The second kappa shape index (κ2) is 12.4. The highest BCUT2D eigenvalue weighted by molar-refractivity contribution is 9.10. The smallest absolute Gasteiger partial charge is 0.325 e. The fourth-order valence-electron chi connectivity index (χ4n) is 4.02. The lowest BCUT2D eigenvalue weighted by Gasteiger charge is -2.19. The number of carbonyl (C=O) groups is 2. The quantitative estimate of drug-likeness (QED) is 0.170. The molecule has 1 saturated heterocycles. The molecule has 39 heavy (non-hydrogen) atoms. The SMILES string of the molecule is CCc1ccc(N2C(=O)/C(=C/c3cc(Br)c(OCc4ccccc4F)c(OC)c3)N(CC(=O)OC)C2=S)cc1. The predicted molar refractivity (Wildman–Crippen MR) is 154 cm³/mol. The summed E-state index contributed by atoms with van der Waals surface area (Å²) in [5.74, 6) is -0.561. The maximum Gasteiger partial charge on any atom is 0.325 e. The van der Waals surface area contributed by atoms with E-state index in [2.05, 4.69) is 15.9 Å². The summed E-state index contributed by atoms with van der Waals surface area (Å²) >= 11 is 9.13. The van der Waals surface area contributed by atoms with Crippen LogP contribution in [-0.4, -0.2) is 42.7 Å². The maximum absolute atomic E-state index is 14.1. The van der Waals surface area contributed by atoms with Crippen LogP contribution in [-0.2, 0) is 27.4 Å². The second-order valence-electron chi connectivity index (χ2n) is 8.55. The van der Waals surface area contributed by atoms with Gasteiger partial charge >= 0.3 is 5.97 Å². The van der Waals surface area contributed by atoms with Gasteiger partial charge in [-0.2, -0.15) is 0 Å². The van der Waals surface area contributed by atoms with E-state index in [4.69, 9.17) is 26.4 Å². The summed E-state index contributed by atoms with van der Waals surface area (Å²) in [7, 11) is 2.76. The van der Waals surface area contributed by atoms with Gasteiger partial charge in [-0.1, -0.05) is 37.3 Å². The van der Waals surface area contributed by atoms with Crippen LogP contribution < -0.4 is 14.4 Å². The minimum absolute atomic E-state index is 0.00643. The molecule has 10 heteroatoms. The molecule has 0 spiro atoms. The highest BCUT2D eigenvalue weighted by atomic mass is 79.9. The molecule has 3 aromatic rings. The molecule has 0 radical (unpaired) electrons. The molecule has 1 aliphatic heterocycles. The molecule has 0 aromatic heterocycles. The van der Waals surface area contributed by atoms with Crippen LogP contribution in [0.25, 0.3) is 6.08 Å². The van der Waals surface area contributed by atoms with E-state index in [1.165, 1.54) is 30.1 Å². The fourth-order valence-corrected chi connectivity index (χ4v) is 4.95. The number of methoxy groups -OCH3 is 2. The number of esters is 1. The van der Waals surface area contributed by atoms with Crippen molar-refractivity contribution in [2.45, 2.75) is 20.0 Å². The minimum atomic E-state index is -0.546. The van der Waals surface area contributed by atoms with Crippen LogP contribution in [0.5, 0.6) is 11.5 Å². The van der Waals surface area contributed by atoms with Crippen molar-refractivity contribution in [3.8, 4) is 11.5 Å². The number of rotatable bonds is 9. The van der Waals surface area contributed by atoms with Gasteiger partial charge in [0.25, 0.3) is 5.91 Å². The number of carbonyl (C=O) groups excluding carboxylic acids is 2. The van der Waals surface area contributed by atoms with E-state index in [0.717, 1.165) is 12.0 Å². The Morgan fingerprint density at radius 2 is 1.82 bits per heavy atom. The van der Waals surface area contributed by atoms with E-state index in [-0.39, 0.29) is 35.7 Å². The summed E-state index contributed by atoms with van der Waals surface area (Å²) in [6.45, 7) is 1.80. The molecule has 202 valence electrons. The molecule has 0 bridgehead atoms. The van der Waals surface area contributed by atoms with Crippen molar-refractivity contribution in [3.05, 3.63) is 93.3 Å². The average molecular weight is 614 g/mol. The van der Waals surface area contributed by atoms with Crippen LogP contribution in [0.15, 0.2) is 70.8 Å². The molecular weight excluding hydrogens is 587 g/mol. The molecule has 0 atom stereocenters. The second-order valence-corrected chi connectivity index (χ2v) is 9.77. The van der Waals surface area contributed by atoms with Crippen molar-refractivity contribution < 1.29 is 28.2 Å². The number of benzene rings is 3. The first kappa shape index (κ1) is 28.3. The first-order chi connectivity index (χ1) is 18.8. The largest absolute Gasteiger partial charge is 0.493 e. The van der Waals surface area contributed by atoms with Gasteiger partial charge in [0.05, 0.1) is 24.4 Å². The molecule has 3 aromatic carbocycles. The van der Waals surface area contributed by atoms with Gasteiger partial charge in [-0.25, -0.2) is 4.39 Å². The van der Waals surface area contributed by atoms with E-state index < -0.39 is 5.97 Å². The number of nitrogens with zero attached hydrogens (tertiary/aromatic N) is 2. The lowest BCUT2D eigenvalue weighted by molar-refractivity contribution is -0.140. The molecule has 0 N–H and O–H groups in total. The zero-order valence-electron chi connectivity index (χ0n) is 21.6. The molecule has 1 heterocycles. The molecule has 0 saturated carbocycles. The van der Waals surface area contributed by atoms with Gasteiger partial charge in [0.15, 0.2) is 16.6 Å². The van der Waals surface area contributed by atoms with Crippen molar-refractivity contribution >= 4 is 56.9 Å². The summed E-state index contributed by atoms with van der Waals surface area (Å²) in [5.41, 5.74) is 2.89. The van der Waals surface area contributed by atoms with Crippen LogP contribution >= 0.6 is 28.1 Å². The van der Waals surface area contributed by atoms with Crippen LogP contribution in [0, 0.1) is 5.82 Å². The standard InChI is InChI=1S/C29H26BrFN2O5S/c1-4-18-9-11-21(12-10-18)33-28(35)24(32(29(33)39)16-26(34)37-3)14-19-13-22(30)27(25(15-19)36-2)38-17-20-7-5-6-8-23(20)31/h5-15H,4,16-17H2,1-3H3/b24-14-. The number of halogens is 2. The van der Waals surface area contributed by atoms with Gasteiger partial charge in [0, 0.05) is 5.56 Å².